The Kier molecular flexibility index (Phi) is 4.18. The largest absolute Gasteiger partial charge is 0.481 e. The lowest BCUT2D eigenvalue weighted by Crippen LogP contribution is -2.20. The zero-order valence-electron chi connectivity index (χ0n) is 9.60. The Balaban J connectivity index is 1.85. The van der Waals surface area contributed by atoms with Gasteiger partial charge in [0.15, 0.2) is 0 Å². The lowest BCUT2D eigenvalue weighted by Gasteiger charge is -2.15. The molecular formula is C13H16BrNO2. The number of rotatable bonds is 4. The molecule has 1 unspecified atom stereocenters. The zero-order chi connectivity index (χ0) is 12.3. The summed E-state index contributed by atoms with van der Waals surface area (Å²) in [4.78, 5) is 13.0. The maximum atomic E-state index is 10.6. The quantitative estimate of drug-likeness (QED) is 0.929. The van der Waals surface area contributed by atoms with Crippen molar-refractivity contribution in [3.63, 3.8) is 0 Å². The first-order chi connectivity index (χ1) is 8.13. The number of carbonyl (C=O) groups is 1. The predicted molar refractivity (Wildman–Crippen MR) is 69.8 cm³/mol. The normalized spacial score (nSPS) is 20.6. The summed E-state index contributed by atoms with van der Waals surface area (Å²) in [5.74, 6) is -0.358. The van der Waals surface area contributed by atoms with E-state index in [-0.39, 0.29) is 0 Å². The first kappa shape index (κ1) is 12.6. The monoisotopic (exact) mass is 297 g/mol. The van der Waals surface area contributed by atoms with Crippen LogP contribution in [0.5, 0.6) is 0 Å². The van der Waals surface area contributed by atoms with Crippen molar-refractivity contribution >= 4 is 21.9 Å². The van der Waals surface area contributed by atoms with E-state index < -0.39 is 5.97 Å². The minimum absolute atomic E-state index is 0.302. The summed E-state index contributed by atoms with van der Waals surface area (Å²) in [6.07, 6.45) is 1.31. The highest BCUT2D eigenvalue weighted by Crippen LogP contribution is 2.21. The van der Waals surface area contributed by atoms with E-state index in [1.807, 2.05) is 12.1 Å². The number of hydrogen-bond acceptors (Lipinski definition) is 2. The van der Waals surface area contributed by atoms with Crippen LogP contribution in [0.25, 0.3) is 0 Å². The molecule has 0 radical (unpaired) electrons. The van der Waals surface area contributed by atoms with Crippen LogP contribution >= 0.6 is 15.9 Å². The first-order valence-corrected chi connectivity index (χ1v) is 6.61. The molecule has 2 rings (SSSR count). The van der Waals surface area contributed by atoms with Crippen molar-refractivity contribution in [2.24, 2.45) is 5.92 Å². The molecule has 1 N–H and O–H groups in total. The van der Waals surface area contributed by atoms with Crippen molar-refractivity contribution in [2.75, 3.05) is 13.1 Å². The molecule has 0 aliphatic carbocycles. The summed E-state index contributed by atoms with van der Waals surface area (Å²) < 4.78 is 1.09. The topological polar surface area (TPSA) is 40.5 Å². The molecule has 1 atom stereocenters. The molecule has 3 nitrogen and oxygen atoms in total. The van der Waals surface area contributed by atoms with Gasteiger partial charge in [0.2, 0.25) is 0 Å². The third-order valence-electron chi connectivity index (χ3n) is 3.15. The number of halogens is 1. The van der Waals surface area contributed by atoms with Crippen molar-refractivity contribution in [1.29, 1.82) is 0 Å². The van der Waals surface area contributed by atoms with Crippen molar-refractivity contribution in [3.05, 3.63) is 34.3 Å². The average Bonchev–Trinajstić information content (AvgIpc) is 2.68. The molecular weight excluding hydrogens is 282 g/mol. The molecule has 17 heavy (non-hydrogen) atoms. The molecule has 1 saturated heterocycles. The van der Waals surface area contributed by atoms with Crippen LogP contribution in [0.2, 0.25) is 0 Å². The van der Waals surface area contributed by atoms with Crippen LogP contribution in [0.1, 0.15) is 18.4 Å². The van der Waals surface area contributed by atoms with Gasteiger partial charge in [-0.15, -0.1) is 0 Å². The Morgan fingerprint density at radius 3 is 2.76 bits per heavy atom. The molecule has 1 fully saturated rings. The Labute approximate surface area is 110 Å². The fourth-order valence-corrected chi connectivity index (χ4v) is 2.58. The molecule has 0 saturated carbocycles. The van der Waals surface area contributed by atoms with E-state index in [1.54, 1.807) is 0 Å². The minimum Gasteiger partial charge on any atom is -0.481 e. The van der Waals surface area contributed by atoms with Gasteiger partial charge < -0.3 is 5.11 Å². The van der Waals surface area contributed by atoms with Crippen LogP contribution in [0, 0.1) is 5.92 Å². The lowest BCUT2D eigenvalue weighted by molar-refractivity contribution is -0.138. The van der Waals surface area contributed by atoms with E-state index in [2.05, 4.69) is 33.0 Å². The van der Waals surface area contributed by atoms with Crippen LogP contribution in [0.15, 0.2) is 28.7 Å². The standard InChI is InChI=1S/C13H16BrNO2/c14-12-3-1-10(2-4-12)8-15-6-5-11(9-15)7-13(16)17/h1-4,11H,5-9H2,(H,16,17). The first-order valence-electron chi connectivity index (χ1n) is 5.82. The van der Waals surface area contributed by atoms with Gasteiger partial charge >= 0.3 is 5.97 Å². The molecule has 92 valence electrons. The average molecular weight is 298 g/mol. The van der Waals surface area contributed by atoms with Crippen LogP contribution in [0.4, 0.5) is 0 Å². The zero-order valence-corrected chi connectivity index (χ0v) is 11.2. The summed E-state index contributed by atoms with van der Waals surface area (Å²) >= 11 is 3.42. The fourth-order valence-electron chi connectivity index (χ4n) is 2.32. The Bertz CT molecular complexity index is 391. The molecule has 1 heterocycles. The number of benzene rings is 1. The number of carboxylic acid groups (broad SMARTS) is 1. The summed E-state index contributed by atoms with van der Waals surface area (Å²) in [5.41, 5.74) is 1.28. The number of nitrogens with zero attached hydrogens (tertiary/aromatic N) is 1. The summed E-state index contributed by atoms with van der Waals surface area (Å²) in [6.45, 7) is 2.83. The van der Waals surface area contributed by atoms with E-state index in [4.69, 9.17) is 5.11 Å². The Hall–Kier alpha value is -0.870. The summed E-state index contributed by atoms with van der Waals surface area (Å²) in [5, 5.41) is 8.76. The summed E-state index contributed by atoms with van der Waals surface area (Å²) in [7, 11) is 0. The van der Waals surface area contributed by atoms with Crippen molar-refractivity contribution in [2.45, 2.75) is 19.4 Å². The van der Waals surface area contributed by atoms with Gasteiger partial charge in [0.25, 0.3) is 0 Å². The predicted octanol–water partition coefficient (Wildman–Crippen LogP) is 2.75. The van der Waals surface area contributed by atoms with Crippen LogP contribution in [0.3, 0.4) is 0 Å². The number of hydrogen-bond donors (Lipinski definition) is 1. The van der Waals surface area contributed by atoms with Crippen molar-refractivity contribution in [3.8, 4) is 0 Å². The second-order valence-corrected chi connectivity index (χ2v) is 5.53. The van der Waals surface area contributed by atoms with Crippen molar-refractivity contribution < 1.29 is 9.90 Å². The van der Waals surface area contributed by atoms with Crippen molar-refractivity contribution in [1.82, 2.24) is 4.90 Å². The molecule has 0 amide bonds. The molecule has 0 bridgehead atoms. The Morgan fingerprint density at radius 2 is 2.12 bits per heavy atom. The Morgan fingerprint density at radius 1 is 1.41 bits per heavy atom. The maximum Gasteiger partial charge on any atom is 0.303 e. The molecule has 4 heteroatoms. The van der Waals surface area contributed by atoms with Gasteiger partial charge in [0.05, 0.1) is 0 Å². The summed E-state index contributed by atoms with van der Waals surface area (Å²) in [6, 6.07) is 8.30. The molecule has 0 spiro atoms. The van der Waals surface area contributed by atoms with Crippen LogP contribution in [-0.2, 0) is 11.3 Å². The number of carboxylic acids is 1. The van der Waals surface area contributed by atoms with Crippen LogP contribution in [-0.4, -0.2) is 29.1 Å². The maximum absolute atomic E-state index is 10.6. The molecule has 1 aliphatic heterocycles. The fraction of sp³-hybridized carbons (Fsp3) is 0.462. The van der Waals surface area contributed by atoms with E-state index in [1.165, 1.54) is 5.56 Å². The lowest BCUT2D eigenvalue weighted by atomic mass is 10.1. The highest BCUT2D eigenvalue weighted by molar-refractivity contribution is 9.10. The molecule has 1 aliphatic rings. The number of likely N-dealkylation sites (tertiary alicyclic amines) is 1. The van der Waals surface area contributed by atoms with Gasteiger partial charge in [-0.1, -0.05) is 28.1 Å². The second-order valence-electron chi connectivity index (χ2n) is 4.61. The third-order valence-corrected chi connectivity index (χ3v) is 3.68. The van der Waals surface area contributed by atoms with E-state index in [0.717, 1.165) is 30.5 Å². The second kappa shape index (κ2) is 5.65. The smallest absolute Gasteiger partial charge is 0.303 e. The van der Waals surface area contributed by atoms with Gasteiger partial charge in [-0.3, -0.25) is 9.69 Å². The highest BCUT2D eigenvalue weighted by Gasteiger charge is 2.24. The van der Waals surface area contributed by atoms with E-state index in [9.17, 15) is 4.79 Å². The van der Waals surface area contributed by atoms with E-state index in [0.29, 0.717) is 12.3 Å². The SMILES string of the molecule is O=C(O)CC1CCN(Cc2ccc(Br)cc2)C1. The van der Waals surface area contributed by atoms with Gasteiger partial charge in [-0.25, -0.2) is 0 Å². The van der Waals surface area contributed by atoms with Gasteiger partial charge in [-0.05, 0) is 36.6 Å². The number of aliphatic carboxylic acids is 1. The van der Waals surface area contributed by atoms with Gasteiger partial charge in [0, 0.05) is 24.0 Å². The third kappa shape index (κ3) is 3.82. The molecule has 1 aromatic carbocycles. The molecule has 1 aromatic rings. The van der Waals surface area contributed by atoms with Gasteiger partial charge in [0.1, 0.15) is 0 Å². The van der Waals surface area contributed by atoms with E-state index >= 15 is 0 Å². The minimum atomic E-state index is -0.680. The molecule has 0 aromatic heterocycles. The highest BCUT2D eigenvalue weighted by atomic mass is 79.9. The van der Waals surface area contributed by atoms with Gasteiger partial charge in [-0.2, -0.15) is 0 Å². The van der Waals surface area contributed by atoms with Crippen LogP contribution < -0.4 is 0 Å².